The van der Waals surface area contributed by atoms with Crippen molar-refractivity contribution in [3.8, 4) is 0 Å². The Labute approximate surface area is 101 Å². The molecule has 5 heteroatoms. The number of aromatic nitrogens is 2. The lowest BCUT2D eigenvalue weighted by molar-refractivity contribution is -0.143. The van der Waals surface area contributed by atoms with Crippen molar-refractivity contribution in [2.75, 3.05) is 6.61 Å². The largest absolute Gasteiger partial charge is 0.465 e. The summed E-state index contributed by atoms with van der Waals surface area (Å²) in [7, 11) is 0. The van der Waals surface area contributed by atoms with Gasteiger partial charge < -0.3 is 4.74 Å². The van der Waals surface area contributed by atoms with Gasteiger partial charge in [-0.3, -0.25) is 9.48 Å². The molecule has 0 N–H and O–H groups in total. The van der Waals surface area contributed by atoms with Crippen LogP contribution in [0.5, 0.6) is 0 Å². The van der Waals surface area contributed by atoms with Gasteiger partial charge in [-0.15, -0.1) is 0 Å². The predicted octanol–water partition coefficient (Wildman–Crippen LogP) is 2.36. The highest BCUT2D eigenvalue weighted by Crippen LogP contribution is 2.19. The van der Waals surface area contributed by atoms with Crippen LogP contribution in [-0.2, 0) is 16.1 Å². The first-order valence-electron chi connectivity index (χ1n) is 4.97. The van der Waals surface area contributed by atoms with Gasteiger partial charge in [0.2, 0.25) is 0 Å². The smallest absolute Gasteiger partial charge is 0.327 e. The number of halogens is 1. The molecule has 0 radical (unpaired) electrons. The molecule has 0 unspecified atom stereocenters. The summed E-state index contributed by atoms with van der Waals surface area (Å²) < 4.78 is 7.48. The fourth-order valence-electron chi connectivity index (χ4n) is 1.50. The van der Waals surface area contributed by atoms with E-state index in [0.717, 1.165) is 15.4 Å². The minimum atomic E-state index is -0.271. The molecule has 0 bridgehead atoms. The number of ether oxygens (including phenoxy) is 1. The fourth-order valence-corrected chi connectivity index (χ4v) is 1.85. The van der Waals surface area contributed by atoms with Gasteiger partial charge in [-0.05, 0) is 19.1 Å². The molecule has 2 aromatic rings. The number of carbonyl (C=O) groups is 1. The second kappa shape index (κ2) is 4.65. The lowest BCUT2D eigenvalue weighted by Crippen LogP contribution is -2.14. The zero-order chi connectivity index (χ0) is 11.5. The summed E-state index contributed by atoms with van der Waals surface area (Å²) in [6.45, 7) is 2.32. The van der Waals surface area contributed by atoms with Crippen molar-refractivity contribution in [2.24, 2.45) is 0 Å². The molecule has 0 aliphatic carbocycles. The Balaban J connectivity index is 2.30. The lowest BCUT2D eigenvalue weighted by Gasteiger charge is -2.03. The summed E-state index contributed by atoms with van der Waals surface area (Å²) in [4.78, 5) is 11.3. The van der Waals surface area contributed by atoms with E-state index in [1.165, 1.54) is 0 Å². The molecule has 0 fully saturated rings. The maximum absolute atomic E-state index is 11.3. The van der Waals surface area contributed by atoms with Gasteiger partial charge in [0, 0.05) is 9.86 Å². The molecule has 0 amide bonds. The van der Waals surface area contributed by atoms with E-state index in [9.17, 15) is 4.79 Å². The Morgan fingerprint density at radius 3 is 3.12 bits per heavy atom. The molecular formula is C11H11BrN2O2. The minimum Gasteiger partial charge on any atom is -0.465 e. The van der Waals surface area contributed by atoms with Crippen LogP contribution in [0.25, 0.3) is 10.9 Å². The Hall–Kier alpha value is -1.36. The highest BCUT2D eigenvalue weighted by molar-refractivity contribution is 9.10. The van der Waals surface area contributed by atoms with Crippen LogP contribution in [-0.4, -0.2) is 22.4 Å². The van der Waals surface area contributed by atoms with Gasteiger partial charge in [0.1, 0.15) is 6.54 Å². The summed E-state index contributed by atoms with van der Waals surface area (Å²) >= 11 is 3.39. The number of hydrogen-bond acceptors (Lipinski definition) is 3. The van der Waals surface area contributed by atoms with Crippen LogP contribution in [0.2, 0.25) is 0 Å². The van der Waals surface area contributed by atoms with E-state index in [1.54, 1.807) is 17.8 Å². The molecule has 4 nitrogen and oxygen atoms in total. The zero-order valence-corrected chi connectivity index (χ0v) is 10.4. The Kier molecular flexibility index (Phi) is 3.24. The van der Waals surface area contributed by atoms with Gasteiger partial charge in [0.05, 0.1) is 18.3 Å². The van der Waals surface area contributed by atoms with E-state index in [-0.39, 0.29) is 12.5 Å². The number of hydrogen-bond donors (Lipinski definition) is 0. The number of benzene rings is 1. The third-order valence-corrected chi connectivity index (χ3v) is 2.68. The van der Waals surface area contributed by atoms with Crippen molar-refractivity contribution in [1.29, 1.82) is 0 Å². The van der Waals surface area contributed by atoms with Crippen molar-refractivity contribution in [2.45, 2.75) is 13.5 Å². The van der Waals surface area contributed by atoms with Gasteiger partial charge in [-0.1, -0.05) is 22.0 Å². The molecule has 0 aliphatic heterocycles. The number of fused-ring (bicyclic) bond motifs is 1. The van der Waals surface area contributed by atoms with Gasteiger partial charge >= 0.3 is 5.97 Å². The van der Waals surface area contributed by atoms with E-state index in [0.29, 0.717) is 6.61 Å². The topological polar surface area (TPSA) is 44.1 Å². The first-order chi connectivity index (χ1) is 7.70. The highest BCUT2D eigenvalue weighted by Gasteiger charge is 2.08. The zero-order valence-electron chi connectivity index (χ0n) is 8.81. The van der Waals surface area contributed by atoms with Gasteiger partial charge in [0.25, 0.3) is 0 Å². The molecule has 0 aliphatic rings. The molecular weight excluding hydrogens is 272 g/mol. The maximum Gasteiger partial charge on any atom is 0.327 e. The third-order valence-electron chi connectivity index (χ3n) is 2.19. The second-order valence-corrected chi connectivity index (χ2v) is 4.23. The quantitative estimate of drug-likeness (QED) is 0.812. The van der Waals surface area contributed by atoms with Crippen LogP contribution < -0.4 is 0 Å². The molecule has 84 valence electrons. The van der Waals surface area contributed by atoms with Crippen LogP contribution in [0, 0.1) is 0 Å². The summed E-state index contributed by atoms with van der Waals surface area (Å²) in [5, 5.41) is 5.16. The molecule has 1 aromatic carbocycles. The Bertz CT molecular complexity index is 522. The average molecular weight is 283 g/mol. The van der Waals surface area contributed by atoms with Gasteiger partial charge in [-0.25, -0.2) is 0 Å². The molecule has 0 saturated heterocycles. The van der Waals surface area contributed by atoms with Crippen LogP contribution in [0.4, 0.5) is 0 Å². The number of nitrogens with zero attached hydrogens (tertiary/aromatic N) is 2. The van der Waals surface area contributed by atoms with E-state index in [1.807, 2.05) is 18.2 Å². The van der Waals surface area contributed by atoms with Crippen LogP contribution in [0.1, 0.15) is 6.92 Å². The molecule has 0 saturated carbocycles. The summed E-state index contributed by atoms with van der Waals surface area (Å²) in [5.74, 6) is -0.271. The SMILES string of the molecule is CCOC(=O)Cn1ncc2ccc(Br)cc21. The van der Waals surface area contributed by atoms with Gasteiger partial charge in [0.15, 0.2) is 0 Å². The van der Waals surface area contributed by atoms with Crippen LogP contribution >= 0.6 is 15.9 Å². The summed E-state index contributed by atoms with van der Waals surface area (Å²) in [6, 6.07) is 5.83. The maximum atomic E-state index is 11.3. The standard InChI is InChI=1S/C11H11BrN2O2/c1-2-16-11(15)7-14-10-5-9(12)4-3-8(10)6-13-14/h3-6H,2,7H2,1H3. The number of carbonyl (C=O) groups excluding carboxylic acids is 1. The van der Waals surface area contributed by atoms with Crippen molar-refractivity contribution in [3.05, 3.63) is 28.9 Å². The number of rotatable bonds is 3. The second-order valence-electron chi connectivity index (χ2n) is 3.31. The monoisotopic (exact) mass is 282 g/mol. The molecule has 16 heavy (non-hydrogen) atoms. The highest BCUT2D eigenvalue weighted by atomic mass is 79.9. The van der Waals surface area contributed by atoms with Crippen molar-refractivity contribution >= 4 is 32.8 Å². The summed E-state index contributed by atoms with van der Waals surface area (Å²) in [6.07, 6.45) is 1.74. The van der Waals surface area contributed by atoms with E-state index in [4.69, 9.17) is 4.74 Å². The van der Waals surface area contributed by atoms with Gasteiger partial charge in [-0.2, -0.15) is 5.10 Å². The van der Waals surface area contributed by atoms with E-state index >= 15 is 0 Å². The fraction of sp³-hybridized carbons (Fsp3) is 0.273. The van der Waals surface area contributed by atoms with Crippen LogP contribution in [0.3, 0.4) is 0 Å². The molecule has 1 heterocycles. The first kappa shape index (κ1) is 11.1. The molecule has 0 spiro atoms. The minimum absolute atomic E-state index is 0.147. The molecule has 2 rings (SSSR count). The molecule has 1 aromatic heterocycles. The first-order valence-corrected chi connectivity index (χ1v) is 5.76. The van der Waals surface area contributed by atoms with Crippen molar-refractivity contribution in [1.82, 2.24) is 9.78 Å². The van der Waals surface area contributed by atoms with Crippen molar-refractivity contribution in [3.63, 3.8) is 0 Å². The normalized spacial score (nSPS) is 10.6. The van der Waals surface area contributed by atoms with E-state index < -0.39 is 0 Å². The van der Waals surface area contributed by atoms with Crippen LogP contribution in [0.15, 0.2) is 28.9 Å². The van der Waals surface area contributed by atoms with E-state index in [2.05, 4.69) is 21.0 Å². The third kappa shape index (κ3) is 2.24. The lowest BCUT2D eigenvalue weighted by atomic mass is 10.2. The predicted molar refractivity (Wildman–Crippen MR) is 64.1 cm³/mol. The number of esters is 1. The summed E-state index contributed by atoms with van der Waals surface area (Å²) in [5.41, 5.74) is 0.919. The molecule has 0 atom stereocenters. The average Bonchev–Trinajstić information content (AvgIpc) is 2.61. The Morgan fingerprint density at radius 2 is 2.38 bits per heavy atom. The van der Waals surface area contributed by atoms with Crippen molar-refractivity contribution < 1.29 is 9.53 Å². The Morgan fingerprint density at radius 1 is 1.56 bits per heavy atom.